The number of fused-ring (bicyclic) bond motifs is 1. The first-order valence-electron chi connectivity index (χ1n) is 10.5. The molecule has 1 aliphatic heterocycles. The maximum absolute atomic E-state index is 13.3. The molecule has 1 atom stereocenters. The molecule has 0 fully saturated rings. The molecule has 0 saturated heterocycles. The van der Waals surface area contributed by atoms with Crippen molar-refractivity contribution >= 4 is 15.9 Å². The number of carbonyl (C=O) groups excluding carboxylic acids is 1. The summed E-state index contributed by atoms with van der Waals surface area (Å²) in [6, 6.07) is 4.87. The summed E-state index contributed by atoms with van der Waals surface area (Å²) >= 11 is 0. The molecule has 0 unspecified atom stereocenters. The summed E-state index contributed by atoms with van der Waals surface area (Å²) in [6.45, 7) is 3.79. The van der Waals surface area contributed by atoms with E-state index in [0.717, 1.165) is 30.2 Å². The number of sulfonamides is 1. The van der Waals surface area contributed by atoms with Gasteiger partial charge in [0.15, 0.2) is 0 Å². The van der Waals surface area contributed by atoms with Gasteiger partial charge in [-0.15, -0.1) is 0 Å². The molecule has 1 aromatic heterocycles. The van der Waals surface area contributed by atoms with Crippen molar-refractivity contribution in [3.63, 3.8) is 0 Å². The third-order valence-electron chi connectivity index (χ3n) is 5.09. The quantitative estimate of drug-likeness (QED) is 0.292. The molecule has 32 heavy (non-hydrogen) atoms. The lowest BCUT2D eigenvalue weighted by molar-refractivity contribution is -0.133. The van der Waals surface area contributed by atoms with Gasteiger partial charge >= 0.3 is 0 Å². The topological polar surface area (TPSA) is 131 Å². The summed E-state index contributed by atoms with van der Waals surface area (Å²) in [4.78, 5) is 20.6. The molecule has 0 radical (unpaired) electrons. The molecule has 0 spiro atoms. The zero-order valence-corrected chi connectivity index (χ0v) is 18.8. The Hall–Kier alpha value is -2.60. The minimum atomic E-state index is -4.05. The number of hydroxylamine groups is 1. The summed E-state index contributed by atoms with van der Waals surface area (Å²) < 4.78 is 38.7. The smallest absolute Gasteiger partial charge is 0.262 e. The van der Waals surface area contributed by atoms with Gasteiger partial charge in [-0.25, -0.2) is 13.9 Å². The number of nitrogens with zero attached hydrogens (tertiary/aromatic N) is 3. The van der Waals surface area contributed by atoms with Crippen LogP contribution in [0.2, 0.25) is 0 Å². The standard InChI is InChI=1S/C21H28N4O6S/c1-2-3-11-30-12-4-13-31-16-5-7-17(8-6-16)32(28,29)25-15-19-18(22-9-10-23-19)14-20(25)21(26)24-27/h5-10,20,27H,2-4,11-15H2,1H3,(H,24,26)/t20-/m1/s1. The Balaban J connectivity index is 1.67. The van der Waals surface area contributed by atoms with Crippen LogP contribution < -0.4 is 10.2 Å². The normalized spacial score (nSPS) is 16.4. The van der Waals surface area contributed by atoms with Gasteiger partial charge in [-0.1, -0.05) is 13.3 Å². The van der Waals surface area contributed by atoms with E-state index in [2.05, 4.69) is 16.9 Å². The van der Waals surface area contributed by atoms with Gasteiger partial charge in [0.05, 0.1) is 29.4 Å². The predicted molar refractivity (Wildman–Crippen MR) is 114 cm³/mol. The van der Waals surface area contributed by atoms with Crippen molar-refractivity contribution in [3.8, 4) is 5.75 Å². The van der Waals surface area contributed by atoms with Crippen LogP contribution in [-0.2, 0) is 32.5 Å². The van der Waals surface area contributed by atoms with E-state index in [1.807, 2.05) is 0 Å². The summed E-state index contributed by atoms with van der Waals surface area (Å²) in [6.07, 6.45) is 5.82. The van der Waals surface area contributed by atoms with Gasteiger partial charge in [0, 0.05) is 38.4 Å². The minimum Gasteiger partial charge on any atom is -0.494 e. The third kappa shape index (κ3) is 5.80. The Morgan fingerprint density at radius 2 is 1.81 bits per heavy atom. The molecular weight excluding hydrogens is 436 g/mol. The highest BCUT2D eigenvalue weighted by Gasteiger charge is 2.40. The molecule has 0 bridgehead atoms. The molecule has 0 saturated carbocycles. The zero-order chi connectivity index (χ0) is 23.0. The van der Waals surface area contributed by atoms with Crippen LogP contribution in [-0.4, -0.2) is 59.7 Å². The molecule has 2 aromatic rings. The number of nitrogens with one attached hydrogen (secondary N) is 1. The van der Waals surface area contributed by atoms with Gasteiger partial charge in [0.25, 0.3) is 5.91 Å². The highest BCUT2D eigenvalue weighted by atomic mass is 32.2. The van der Waals surface area contributed by atoms with Crippen molar-refractivity contribution in [1.82, 2.24) is 19.8 Å². The molecule has 1 amide bonds. The van der Waals surface area contributed by atoms with E-state index in [1.165, 1.54) is 24.5 Å². The van der Waals surface area contributed by atoms with Gasteiger partial charge in [-0.2, -0.15) is 4.31 Å². The van der Waals surface area contributed by atoms with Gasteiger partial charge in [-0.05, 0) is 30.7 Å². The second kappa shape index (κ2) is 11.3. The van der Waals surface area contributed by atoms with E-state index in [9.17, 15) is 13.2 Å². The van der Waals surface area contributed by atoms with E-state index in [4.69, 9.17) is 14.7 Å². The Kier molecular flexibility index (Phi) is 8.51. The molecule has 0 aliphatic carbocycles. The largest absolute Gasteiger partial charge is 0.494 e. The summed E-state index contributed by atoms with van der Waals surface area (Å²) in [7, 11) is -4.05. The lowest BCUT2D eigenvalue weighted by atomic mass is 10.0. The maximum Gasteiger partial charge on any atom is 0.262 e. The van der Waals surface area contributed by atoms with Crippen molar-refractivity contribution in [2.45, 2.75) is 50.1 Å². The van der Waals surface area contributed by atoms with Crippen molar-refractivity contribution in [1.29, 1.82) is 0 Å². The second-order valence-electron chi connectivity index (χ2n) is 7.34. The summed E-state index contributed by atoms with van der Waals surface area (Å²) in [5.74, 6) is -0.289. The molecule has 174 valence electrons. The molecular formula is C21H28N4O6S. The molecule has 10 nitrogen and oxygen atoms in total. The van der Waals surface area contributed by atoms with Crippen molar-refractivity contribution < 1.29 is 27.9 Å². The number of ether oxygens (including phenoxy) is 2. The fourth-order valence-corrected chi connectivity index (χ4v) is 4.88. The fourth-order valence-electron chi connectivity index (χ4n) is 3.33. The van der Waals surface area contributed by atoms with Crippen LogP contribution in [0.15, 0.2) is 41.6 Å². The van der Waals surface area contributed by atoms with Crippen LogP contribution in [0.3, 0.4) is 0 Å². The molecule has 2 N–H and O–H groups in total. The van der Waals surface area contributed by atoms with Gasteiger partial charge < -0.3 is 9.47 Å². The van der Waals surface area contributed by atoms with E-state index < -0.39 is 22.0 Å². The van der Waals surface area contributed by atoms with Crippen molar-refractivity contribution in [2.24, 2.45) is 0 Å². The van der Waals surface area contributed by atoms with Crippen LogP contribution in [0.5, 0.6) is 5.75 Å². The van der Waals surface area contributed by atoms with Crippen molar-refractivity contribution in [2.75, 3.05) is 19.8 Å². The summed E-state index contributed by atoms with van der Waals surface area (Å²) in [5, 5.41) is 9.11. The first-order valence-corrected chi connectivity index (χ1v) is 12.0. The van der Waals surface area contributed by atoms with Crippen LogP contribution in [0.1, 0.15) is 37.6 Å². The number of aromatic nitrogens is 2. The highest BCUT2D eigenvalue weighted by molar-refractivity contribution is 7.89. The number of carbonyl (C=O) groups is 1. The lowest BCUT2D eigenvalue weighted by Gasteiger charge is -2.33. The molecule has 3 rings (SSSR count). The number of benzene rings is 1. The molecule has 1 aliphatic rings. The average Bonchev–Trinajstić information content (AvgIpc) is 2.82. The SMILES string of the molecule is CCCCOCCCOc1ccc(S(=O)(=O)N2Cc3nccnc3C[C@@H]2C(=O)NO)cc1. The minimum absolute atomic E-state index is 0.0100. The van der Waals surface area contributed by atoms with Gasteiger partial charge in [0.1, 0.15) is 11.8 Å². The maximum atomic E-state index is 13.3. The van der Waals surface area contributed by atoms with E-state index in [0.29, 0.717) is 30.4 Å². The number of rotatable bonds is 11. The Morgan fingerprint density at radius 3 is 2.50 bits per heavy atom. The van der Waals surface area contributed by atoms with Crippen LogP contribution in [0.4, 0.5) is 0 Å². The lowest BCUT2D eigenvalue weighted by Crippen LogP contribution is -2.52. The predicted octanol–water partition coefficient (Wildman–Crippen LogP) is 1.68. The number of hydrogen-bond donors (Lipinski definition) is 2. The van der Waals surface area contributed by atoms with E-state index in [1.54, 1.807) is 17.6 Å². The third-order valence-corrected chi connectivity index (χ3v) is 6.96. The van der Waals surface area contributed by atoms with E-state index >= 15 is 0 Å². The Morgan fingerprint density at radius 1 is 1.12 bits per heavy atom. The van der Waals surface area contributed by atoms with Crippen molar-refractivity contribution in [3.05, 3.63) is 48.0 Å². The second-order valence-corrected chi connectivity index (χ2v) is 9.23. The van der Waals surface area contributed by atoms with Crippen LogP contribution in [0, 0.1) is 0 Å². The van der Waals surface area contributed by atoms with Crippen LogP contribution >= 0.6 is 0 Å². The fraction of sp³-hybridized carbons (Fsp3) is 0.476. The Labute approximate surface area is 187 Å². The van der Waals surface area contributed by atoms with E-state index in [-0.39, 0.29) is 17.9 Å². The first kappa shape index (κ1) is 24.1. The molecule has 11 heteroatoms. The highest BCUT2D eigenvalue weighted by Crippen LogP contribution is 2.28. The molecule has 1 aromatic carbocycles. The van der Waals surface area contributed by atoms with Gasteiger partial charge in [0.2, 0.25) is 10.0 Å². The van der Waals surface area contributed by atoms with Gasteiger partial charge in [-0.3, -0.25) is 20.0 Å². The number of amides is 1. The zero-order valence-electron chi connectivity index (χ0n) is 17.9. The Bertz CT molecular complexity index is 1000. The monoisotopic (exact) mass is 464 g/mol. The first-order chi connectivity index (χ1) is 15.5. The molecule has 2 heterocycles. The summed E-state index contributed by atoms with van der Waals surface area (Å²) in [5.41, 5.74) is 2.54. The number of hydrogen-bond acceptors (Lipinski definition) is 8. The van der Waals surface area contributed by atoms with Crippen LogP contribution in [0.25, 0.3) is 0 Å². The number of unbranched alkanes of at least 4 members (excludes halogenated alkanes) is 1. The average molecular weight is 465 g/mol.